The van der Waals surface area contributed by atoms with Gasteiger partial charge >= 0.3 is 0 Å². The largest absolute Gasteiger partial charge is 0.468 e. The molecule has 2 aromatic rings. The molecule has 84 valence electrons. The van der Waals surface area contributed by atoms with Crippen molar-refractivity contribution in [2.75, 3.05) is 5.73 Å². The fraction of sp³-hybridized carbons (Fsp3) is 0.0909. The molecule has 5 heteroatoms. The molecule has 0 fully saturated rings. The molecule has 0 aliphatic heterocycles. The van der Waals surface area contributed by atoms with Gasteiger partial charge in [-0.05, 0) is 24.3 Å². The standard InChI is InChI=1S/C11H9F2NOS/c12-9-4-7(14)5-10(13)11(9)16-6-8-2-1-3-15-8/h1-5H,6,14H2. The molecule has 2 N–H and O–H groups in total. The van der Waals surface area contributed by atoms with Crippen molar-refractivity contribution in [3.8, 4) is 0 Å². The van der Waals surface area contributed by atoms with Crippen LogP contribution in [0.15, 0.2) is 39.8 Å². The molecule has 0 aliphatic carbocycles. The average molecular weight is 241 g/mol. The van der Waals surface area contributed by atoms with E-state index in [2.05, 4.69) is 0 Å². The molecule has 1 aromatic heterocycles. The Morgan fingerprint density at radius 3 is 2.50 bits per heavy atom. The number of halogens is 2. The summed E-state index contributed by atoms with van der Waals surface area (Å²) in [6, 6.07) is 5.69. The first kappa shape index (κ1) is 11.0. The van der Waals surface area contributed by atoms with Crippen molar-refractivity contribution < 1.29 is 13.2 Å². The van der Waals surface area contributed by atoms with E-state index in [9.17, 15) is 8.78 Å². The average Bonchev–Trinajstić information content (AvgIpc) is 2.68. The minimum absolute atomic E-state index is 0.0365. The van der Waals surface area contributed by atoms with E-state index in [1.54, 1.807) is 12.1 Å². The van der Waals surface area contributed by atoms with Gasteiger partial charge in [0.2, 0.25) is 0 Å². The lowest BCUT2D eigenvalue weighted by Gasteiger charge is -2.04. The maximum atomic E-state index is 13.4. The van der Waals surface area contributed by atoms with Gasteiger partial charge in [-0.1, -0.05) is 0 Å². The number of hydrogen-bond donors (Lipinski definition) is 1. The number of benzene rings is 1. The fourth-order valence-electron chi connectivity index (χ4n) is 1.26. The summed E-state index contributed by atoms with van der Waals surface area (Å²) in [5.41, 5.74) is 5.39. The van der Waals surface area contributed by atoms with Crippen molar-refractivity contribution in [2.45, 2.75) is 10.6 Å². The maximum Gasteiger partial charge on any atom is 0.141 e. The smallest absolute Gasteiger partial charge is 0.141 e. The highest BCUT2D eigenvalue weighted by Crippen LogP contribution is 2.29. The Hall–Kier alpha value is -1.49. The summed E-state index contributed by atoms with van der Waals surface area (Å²) in [6.45, 7) is 0. The number of nitrogen functional groups attached to an aromatic ring is 1. The summed E-state index contributed by atoms with van der Waals surface area (Å²) in [5, 5.41) is 0. The van der Waals surface area contributed by atoms with Crippen LogP contribution in [-0.2, 0) is 5.75 Å². The van der Waals surface area contributed by atoms with Crippen molar-refractivity contribution in [3.63, 3.8) is 0 Å². The van der Waals surface area contributed by atoms with Crippen LogP contribution in [0.25, 0.3) is 0 Å². The van der Waals surface area contributed by atoms with E-state index >= 15 is 0 Å². The van der Waals surface area contributed by atoms with E-state index in [1.165, 1.54) is 6.26 Å². The highest BCUT2D eigenvalue weighted by atomic mass is 32.2. The minimum atomic E-state index is -0.644. The van der Waals surface area contributed by atoms with Gasteiger partial charge in [0.25, 0.3) is 0 Å². The highest BCUT2D eigenvalue weighted by Gasteiger charge is 2.11. The molecule has 0 saturated carbocycles. The third-order valence-corrected chi connectivity index (χ3v) is 3.07. The Kier molecular flexibility index (Phi) is 3.14. The van der Waals surface area contributed by atoms with Crippen molar-refractivity contribution in [1.82, 2.24) is 0 Å². The van der Waals surface area contributed by atoms with Crippen molar-refractivity contribution in [3.05, 3.63) is 47.9 Å². The van der Waals surface area contributed by atoms with Gasteiger partial charge in [-0.25, -0.2) is 8.78 Å². The third kappa shape index (κ3) is 2.36. The summed E-state index contributed by atoms with van der Waals surface area (Å²) in [5.74, 6) is -0.242. The lowest BCUT2D eigenvalue weighted by molar-refractivity contribution is 0.527. The predicted molar refractivity (Wildman–Crippen MR) is 59.0 cm³/mol. The highest BCUT2D eigenvalue weighted by molar-refractivity contribution is 7.98. The second kappa shape index (κ2) is 4.57. The summed E-state index contributed by atoms with van der Waals surface area (Å²) in [4.78, 5) is -0.0365. The van der Waals surface area contributed by atoms with Gasteiger partial charge in [-0.2, -0.15) is 0 Å². The Balaban J connectivity index is 2.15. The second-order valence-electron chi connectivity index (χ2n) is 3.18. The zero-order valence-corrected chi connectivity index (χ0v) is 9.06. The molecule has 0 spiro atoms. The number of anilines is 1. The Morgan fingerprint density at radius 1 is 1.25 bits per heavy atom. The predicted octanol–water partition coefficient (Wildman–Crippen LogP) is 3.43. The van der Waals surface area contributed by atoms with Crippen LogP contribution in [-0.4, -0.2) is 0 Å². The number of rotatable bonds is 3. The molecule has 1 heterocycles. The molecule has 2 nitrogen and oxygen atoms in total. The SMILES string of the molecule is Nc1cc(F)c(SCc2ccco2)c(F)c1. The van der Waals surface area contributed by atoms with Crippen LogP contribution in [0, 0.1) is 11.6 Å². The van der Waals surface area contributed by atoms with E-state index in [0.29, 0.717) is 11.5 Å². The molecule has 0 unspecified atom stereocenters. The van der Waals surface area contributed by atoms with Gasteiger partial charge in [-0.15, -0.1) is 11.8 Å². The molecule has 0 radical (unpaired) electrons. The van der Waals surface area contributed by atoms with Crippen LogP contribution in [0.3, 0.4) is 0 Å². The second-order valence-corrected chi connectivity index (χ2v) is 4.17. The zero-order valence-electron chi connectivity index (χ0n) is 8.24. The Labute approximate surface area is 95.4 Å². The number of hydrogen-bond acceptors (Lipinski definition) is 3. The lowest BCUT2D eigenvalue weighted by Crippen LogP contribution is -1.93. The van der Waals surface area contributed by atoms with Gasteiger partial charge in [0.15, 0.2) is 0 Å². The van der Waals surface area contributed by atoms with Gasteiger partial charge < -0.3 is 10.2 Å². The molecule has 0 bridgehead atoms. The van der Waals surface area contributed by atoms with Gasteiger partial charge in [0.05, 0.1) is 16.9 Å². The first-order valence-electron chi connectivity index (χ1n) is 4.56. The number of nitrogens with two attached hydrogens (primary N) is 1. The molecule has 0 amide bonds. The topological polar surface area (TPSA) is 39.2 Å². The van der Waals surface area contributed by atoms with Crippen LogP contribution in [0.4, 0.5) is 14.5 Å². The van der Waals surface area contributed by atoms with E-state index < -0.39 is 11.6 Å². The van der Waals surface area contributed by atoms with E-state index in [1.807, 2.05) is 0 Å². The van der Waals surface area contributed by atoms with Crippen LogP contribution in [0.2, 0.25) is 0 Å². The van der Waals surface area contributed by atoms with Gasteiger partial charge in [0, 0.05) is 5.69 Å². The molecule has 0 saturated heterocycles. The molecule has 16 heavy (non-hydrogen) atoms. The summed E-state index contributed by atoms with van der Waals surface area (Å²) in [6.07, 6.45) is 1.52. The van der Waals surface area contributed by atoms with Crippen LogP contribution >= 0.6 is 11.8 Å². The fourth-order valence-corrected chi connectivity index (χ4v) is 2.10. The Morgan fingerprint density at radius 2 is 1.94 bits per heavy atom. The lowest BCUT2D eigenvalue weighted by atomic mass is 10.3. The van der Waals surface area contributed by atoms with Crippen LogP contribution in [0.1, 0.15) is 5.76 Å². The first-order valence-corrected chi connectivity index (χ1v) is 5.55. The summed E-state index contributed by atoms with van der Waals surface area (Å²) >= 11 is 1.04. The number of thioether (sulfide) groups is 1. The molecule has 0 atom stereocenters. The van der Waals surface area contributed by atoms with Gasteiger partial charge in [-0.3, -0.25) is 0 Å². The van der Waals surface area contributed by atoms with Crippen LogP contribution < -0.4 is 5.73 Å². The minimum Gasteiger partial charge on any atom is -0.468 e. The van der Waals surface area contributed by atoms with Gasteiger partial charge in [0.1, 0.15) is 17.4 Å². The molecule has 2 rings (SSSR count). The van der Waals surface area contributed by atoms with Crippen molar-refractivity contribution in [1.29, 1.82) is 0 Å². The normalized spacial score (nSPS) is 10.6. The summed E-state index contributed by atoms with van der Waals surface area (Å²) in [7, 11) is 0. The molecular weight excluding hydrogens is 232 g/mol. The van der Waals surface area contributed by atoms with E-state index in [4.69, 9.17) is 10.2 Å². The van der Waals surface area contributed by atoms with E-state index in [-0.39, 0.29) is 10.6 Å². The first-order chi connectivity index (χ1) is 7.66. The summed E-state index contributed by atoms with van der Waals surface area (Å²) < 4.78 is 31.8. The molecule has 1 aromatic carbocycles. The van der Waals surface area contributed by atoms with Crippen molar-refractivity contribution >= 4 is 17.4 Å². The number of furan rings is 1. The molecule has 0 aliphatic rings. The Bertz CT molecular complexity index is 462. The van der Waals surface area contributed by atoms with Crippen molar-refractivity contribution in [2.24, 2.45) is 0 Å². The third-order valence-electron chi connectivity index (χ3n) is 1.96. The van der Waals surface area contributed by atoms with E-state index in [0.717, 1.165) is 23.9 Å². The zero-order chi connectivity index (χ0) is 11.5. The maximum absolute atomic E-state index is 13.4. The van der Waals surface area contributed by atoms with Crippen LogP contribution in [0.5, 0.6) is 0 Å². The quantitative estimate of drug-likeness (QED) is 0.661. The monoisotopic (exact) mass is 241 g/mol. The molecular formula is C11H9F2NOS.